The Kier molecular flexibility index (Phi) is 3.95. The molecule has 2 rings (SSSR count). The van der Waals surface area contributed by atoms with Crippen LogP contribution in [0.4, 0.5) is 0 Å². The standard InChI is InChI=1S/C12H8Br2OS/c13-9-5-1-3-7-11(9)16(15)12-8-4-2-6-10(12)14/h1-8H. The summed E-state index contributed by atoms with van der Waals surface area (Å²) in [7, 11) is -1.16. The fraction of sp³-hybridized carbons (Fsp3) is 0. The van der Waals surface area contributed by atoms with Crippen LogP contribution < -0.4 is 0 Å². The third-order valence-electron chi connectivity index (χ3n) is 2.07. The highest BCUT2D eigenvalue weighted by Crippen LogP contribution is 2.28. The molecule has 0 aromatic heterocycles. The smallest absolute Gasteiger partial charge is 0.0872 e. The maximum absolute atomic E-state index is 12.3. The van der Waals surface area contributed by atoms with Crippen molar-refractivity contribution in [2.75, 3.05) is 0 Å². The van der Waals surface area contributed by atoms with E-state index in [0.717, 1.165) is 18.7 Å². The predicted molar refractivity (Wildman–Crippen MR) is 73.0 cm³/mol. The number of rotatable bonds is 2. The van der Waals surface area contributed by atoms with Gasteiger partial charge in [0, 0.05) is 8.95 Å². The molecule has 4 heteroatoms. The molecule has 0 heterocycles. The van der Waals surface area contributed by atoms with Gasteiger partial charge in [-0.15, -0.1) is 0 Å². The van der Waals surface area contributed by atoms with Gasteiger partial charge in [0.2, 0.25) is 0 Å². The molecule has 0 saturated heterocycles. The van der Waals surface area contributed by atoms with E-state index >= 15 is 0 Å². The summed E-state index contributed by atoms with van der Waals surface area (Å²) < 4.78 is 14.1. The summed E-state index contributed by atoms with van der Waals surface area (Å²) in [6.45, 7) is 0. The van der Waals surface area contributed by atoms with Crippen molar-refractivity contribution in [1.29, 1.82) is 0 Å². The average Bonchev–Trinajstić information content (AvgIpc) is 2.29. The monoisotopic (exact) mass is 358 g/mol. The largest absolute Gasteiger partial charge is 0.249 e. The number of halogens is 2. The molecule has 0 aliphatic rings. The van der Waals surface area contributed by atoms with Crippen molar-refractivity contribution in [2.45, 2.75) is 9.79 Å². The molecule has 0 radical (unpaired) electrons. The Balaban J connectivity index is 2.48. The van der Waals surface area contributed by atoms with Crippen molar-refractivity contribution in [1.82, 2.24) is 0 Å². The second kappa shape index (κ2) is 5.25. The summed E-state index contributed by atoms with van der Waals surface area (Å²) in [4.78, 5) is 1.57. The fourth-order valence-corrected chi connectivity index (χ4v) is 3.89. The summed E-state index contributed by atoms with van der Waals surface area (Å²) in [6.07, 6.45) is 0. The van der Waals surface area contributed by atoms with Crippen LogP contribution in [0.1, 0.15) is 0 Å². The van der Waals surface area contributed by atoms with Crippen molar-refractivity contribution in [3.8, 4) is 0 Å². The Morgan fingerprint density at radius 1 is 0.750 bits per heavy atom. The van der Waals surface area contributed by atoms with E-state index in [1.807, 2.05) is 48.5 Å². The van der Waals surface area contributed by atoms with E-state index in [9.17, 15) is 4.21 Å². The number of hydrogen-bond acceptors (Lipinski definition) is 1. The Labute approximate surface area is 114 Å². The van der Waals surface area contributed by atoms with E-state index in [1.165, 1.54) is 0 Å². The molecule has 0 aliphatic carbocycles. The van der Waals surface area contributed by atoms with Gasteiger partial charge in [0.25, 0.3) is 0 Å². The second-order valence-electron chi connectivity index (χ2n) is 3.13. The first-order valence-corrected chi connectivity index (χ1v) is 7.34. The fourth-order valence-electron chi connectivity index (χ4n) is 1.31. The van der Waals surface area contributed by atoms with E-state index in [1.54, 1.807) is 0 Å². The van der Waals surface area contributed by atoms with Crippen molar-refractivity contribution < 1.29 is 4.21 Å². The quantitative estimate of drug-likeness (QED) is 0.777. The molecule has 0 atom stereocenters. The summed E-state index contributed by atoms with van der Waals surface area (Å²) in [5.74, 6) is 0. The summed E-state index contributed by atoms with van der Waals surface area (Å²) in [6, 6.07) is 15.1. The molecule has 0 bridgehead atoms. The van der Waals surface area contributed by atoms with Crippen LogP contribution >= 0.6 is 31.9 Å². The highest BCUT2D eigenvalue weighted by molar-refractivity contribution is 9.10. The zero-order valence-corrected chi connectivity index (χ0v) is 12.2. The third kappa shape index (κ3) is 2.44. The Bertz CT molecular complexity index is 493. The van der Waals surface area contributed by atoms with Gasteiger partial charge in [0.1, 0.15) is 0 Å². The Morgan fingerprint density at radius 3 is 1.50 bits per heavy atom. The molecular weight excluding hydrogens is 352 g/mol. The Morgan fingerprint density at radius 2 is 1.12 bits per heavy atom. The van der Waals surface area contributed by atoms with Crippen LogP contribution in [-0.2, 0) is 10.8 Å². The first kappa shape index (κ1) is 12.0. The lowest BCUT2D eigenvalue weighted by Crippen LogP contribution is -1.94. The molecule has 82 valence electrons. The van der Waals surface area contributed by atoms with E-state index in [0.29, 0.717) is 0 Å². The molecule has 0 amide bonds. The van der Waals surface area contributed by atoms with Gasteiger partial charge in [0.15, 0.2) is 0 Å². The van der Waals surface area contributed by atoms with Crippen LogP contribution in [0.3, 0.4) is 0 Å². The van der Waals surface area contributed by atoms with Gasteiger partial charge in [-0.3, -0.25) is 0 Å². The highest BCUT2D eigenvalue weighted by atomic mass is 79.9. The lowest BCUT2D eigenvalue weighted by atomic mass is 10.4. The highest BCUT2D eigenvalue weighted by Gasteiger charge is 2.12. The van der Waals surface area contributed by atoms with Crippen molar-refractivity contribution in [2.24, 2.45) is 0 Å². The van der Waals surface area contributed by atoms with Crippen LogP contribution in [0.15, 0.2) is 67.3 Å². The lowest BCUT2D eigenvalue weighted by Gasteiger charge is -2.06. The Hall–Kier alpha value is -0.450. The minimum Gasteiger partial charge on any atom is -0.249 e. The molecule has 0 fully saturated rings. The first-order chi connectivity index (χ1) is 7.70. The van der Waals surface area contributed by atoms with E-state index in [2.05, 4.69) is 31.9 Å². The molecule has 2 aromatic carbocycles. The van der Waals surface area contributed by atoms with Gasteiger partial charge in [0.05, 0.1) is 20.6 Å². The maximum atomic E-state index is 12.3. The normalized spacial score (nSPS) is 10.7. The molecule has 0 N–H and O–H groups in total. The molecule has 0 saturated carbocycles. The molecule has 0 spiro atoms. The van der Waals surface area contributed by atoms with Gasteiger partial charge < -0.3 is 0 Å². The van der Waals surface area contributed by atoms with Gasteiger partial charge in [-0.25, -0.2) is 4.21 Å². The SMILES string of the molecule is O=S(c1ccccc1Br)c1ccccc1Br. The lowest BCUT2D eigenvalue weighted by molar-refractivity contribution is 0.682. The predicted octanol–water partition coefficient (Wildman–Crippen LogP) is 4.38. The molecule has 16 heavy (non-hydrogen) atoms. The zero-order chi connectivity index (χ0) is 11.5. The number of hydrogen-bond donors (Lipinski definition) is 0. The topological polar surface area (TPSA) is 17.1 Å². The van der Waals surface area contributed by atoms with Gasteiger partial charge >= 0.3 is 0 Å². The summed E-state index contributed by atoms with van der Waals surface area (Å²) in [5, 5.41) is 0. The van der Waals surface area contributed by atoms with Gasteiger partial charge in [-0.05, 0) is 56.1 Å². The van der Waals surface area contributed by atoms with Crippen LogP contribution in [0.2, 0.25) is 0 Å². The third-order valence-corrected chi connectivity index (χ3v) is 5.49. The molecule has 1 nitrogen and oxygen atoms in total. The van der Waals surface area contributed by atoms with E-state index < -0.39 is 10.8 Å². The second-order valence-corrected chi connectivity index (χ2v) is 6.26. The van der Waals surface area contributed by atoms with Crippen LogP contribution in [0, 0.1) is 0 Å². The van der Waals surface area contributed by atoms with Crippen molar-refractivity contribution in [3.63, 3.8) is 0 Å². The van der Waals surface area contributed by atoms with Crippen molar-refractivity contribution >= 4 is 42.7 Å². The minimum atomic E-state index is -1.16. The molecule has 0 unspecified atom stereocenters. The molecular formula is C12H8Br2OS. The van der Waals surface area contributed by atoms with E-state index in [4.69, 9.17) is 0 Å². The van der Waals surface area contributed by atoms with Crippen LogP contribution in [0.5, 0.6) is 0 Å². The minimum absolute atomic E-state index is 0.786. The van der Waals surface area contributed by atoms with Crippen LogP contribution in [-0.4, -0.2) is 4.21 Å². The summed E-state index contributed by atoms with van der Waals surface area (Å²) >= 11 is 6.82. The molecule has 0 aliphatic heterocycles. The first-order valence-electron chi connectivity index (χ1n) is 4.61. The molecule has 2 aromatic rings. The zero-order valence-electron chi connectivity index (χ0n) is 8.19. The van der Waals surface area contributed by atoms with Crippen molar-refractivity contribution in [3.05, 3.63) is 57.5 Å². The number of benzene rings is 2. The summed E-state index contributed by atoms with van der Waals surface area (Å²) in [5.41, 5.74) is 0. The van der Waals surface area contributed by atoms with Gasteiger partial charge in [-0.1, -0.05) is 24.3 Å². The average molecular weight is 360 g/mol. The maximum Gasteiger partial charge on any atom is 0.0872 e. The van der Waals surface area contributed by atoms with Gasteiger partial charge in [-0.2, -0.15) is 0 Å². The van der Waals surface area contributed by atoms with E-state index in [-0.39, 0.29) is 0 Å². The van der Waals surface area contributed by atoms with Crippen LogP contribution in [0.25, 0.3) is 0 Å².